The smallest absolute Gasteiger partial charge is 0.271 e. The molecule has 6 nitrogen and oxygen atoms in total. The van der Waals surface area contributed by atoms with Gasteiger partial charge in [0.1, 0.15) is 5.82 Å². The van der Waals surface area contributed by atoms with Crippen molar-refractivity contribution >= 4 is 17.3 Å². The van der Waals surface area contributed by atoms with Crippen LogP contribution >= 0.6 is 0 Å². The fourth-order valence-corrected chi connectivity index (χ4v) is 1.37. The second kappa shape index (κ2) is 6.24. The number of nitro groups is 1. The summed E-state index contributed by atoms with van der Waals surface area (Å²) in [5.41, 5.74) is 5.22. The lowest BCUT2D eigenvalue weighted by atomic mass is 10.0. The number of hydrogen-bond acceptors (Lipinski definition) is 4. The summed E-state index contributed by atoms with van der Waals surface area (Å²) >= 11 is 0. The van der Waals surface area contributed by atoms with Crippen LogP contribution in [-0.2, 0) is 4.79 Å². The summed E-state index contributed by atoms with van der Waals surface area (Å²) in [5, 5.41) is 12.9. The van der Waals surface area contributed by atoms with Crippen LogP contribution in [-0.4, -0.2) is 16.9 Å². The van der Waals surface area contributed by atoms with Gasteiger partial charge in [-0.15, -0.1) is 0 Å². The van der Waals surface area contributed by atoms with Gasteiger partial charge in [0.05, 0.1) is 10.6 Å². The molecule has 1 aromatic carbocycles. The van der Waals surface area contributed by atoms with Crippen LogP contribution in [0, 0.1) is 21.8 Å². The van der Waals surface area contributed by atoms with Crippen molar-refractivity contribution in [3.05, 3.63) is 34.1 Å². The van der Waals surface area contributed by atoms with E-state index in [1.807, 2.05) is 13.8 Å². The first-order chi connectivity index (χ1) is 8.81. The Labute approximate surface area is 109 Å². The molecular formula is C12H16FN3O3. The minimum atomic E-state index is -0.725. The van der Waals surface area contributed by atoms with Crippen molar-refractivity contribution in [3.63, 3.8) is 0 Å². The van der Waals surface area contributed by atoms with Crippen LogP contribution in [0.2, 0.25) is 0 Å². The minimum absolute atomic E-state index is 0.0276. The Balaban J connectivity index is 2.79. The molecular weight excluding hydrogens is 253 g/mol. The quantitative estimate of drug-likeness (QED) is 0.631. The van der Waals surface area contributed by atoms with Gasteiger partial charge in [-0.2, -0.15) is 0 Å². The Bertz CT molecular complexity index is 491. The van der Waals surface area contributed by atoms with E-state index in [-0.39, 0.29) is 29.8 Å². The zero-order valence-corrected chi connectivity index (χ0v) is 10.7. The van der Waals surface area contributed by atoms with Gasteiger partial charge in [0.25, 0.3) is 5.69 Å². The standard InChI is InChI=1S/C12H16FN3O3/c1-7(2)10(14)6-12(17)15-11-5-8(16(18)19)3-4-9(11)13/h3-5,7,10H,6,14H2,1-2H3,(H,15,17). The number of halogens is 1. The number of nitro benzene ring substituents is 1. The lowest BCUT2D eigenvalue weighted by molar-refractivity contribution is -0.384. The van der Waals surface area contributed by atoms with E-state index in [0.29, 0.717) is 0 Å². The van der Waals surface area contributed by atoms with Crippen LogP contribution in [0.1, 0.15) is 20.3 Å². The number of anilines is 1. The van der Waals surface area contributed by atoms with Crippen molar-refractivity contribution in [1.82, 2.24) is 0 Å². The number of nitrogens with zero attached hydrogens (tertiary/aromatic N) is 1. The Kier molecular flexibility index (Phi) is 4.94. The average Bonchev–Trinajstić information content (AvgIpc) is 2.31. The zero-order valence-electron chi connectivity index (χ0n) is 10.7. The number of nitrogens with one attached hydrogen (secondary N) is 1. The van der Waals surface area contributed by atoms with E-state index in [1.165, 1.54) is 0 Å². The maximum absolute atomic E-state index is 13.4. The number of non-ortho nitro benzene ring substituents is 1. The summed E-state index contributed by atoms with van der Waals surface area (Å²) in [5.74, 6) is -1.08. The van der Waals surface area contributed by atoms with Crippen LogP contribution < -0.4 is 11.1 Å². The summed E-state index contributed by atoms with van der Waals surface area (Å²) in [6.45, 7) is 3.73. The van der Waals surface area contributed by atoms with Gasteiger partial charge in [-0.05, 0) is 12.0 Å². The number of hydrogen-bond donors (Lipinski definition) is 2. The first-order valence-electron chi connectivity index (χ1n) is 5.80. The molecule has 1 atom stereocenters. The first-order valence-corrected chi connectivity index (χ1v) is 5.80. The molecule has 0 radical (unpaired) electrons. The maximum Gasteiger partial charge on any atom is 0.271 e. The highest BCUT2D eigenvalue weighted by atomic mass is 19.1. The van der Waals surface area contributed by atoms with E-state index in [2.05, 4.69) is 5.32 Å². The highest BCUT2D eigenvalue weighted by molar-refractivity contribution is 5.91. The van der Waals surface area contributed by atoms with Gasteiger partial charge in [0.2, 0.25) is 5.91 Å². The van der Waals surface area contributed by atoms with Gasteiger partial charge < -0.3 is 11.1 Å². The van der Waals surface area contributed by atoms with Crippen LogP contribution in [0.5, 0.6) is 0 Å². The summed E-state index contributed by atoms with van der Waals surface area (Å²) in [7, 11) is 0. The predicted molar refractivity (Wildman–Crippen MR) is 69.1 cm³/mol. The van der Waals surface area contributed by atoms with Crippen molar-refractivity contribution in [1.29, 1.82) is 0 Å². The van der Waals surface area contributed by atoms with Crippen molar-refractivity contribution in [3.8, 4) is 0 Å². The van der Waals surface area contributed by atoms with Gasteiger partial charge in [0.15, 0.2) is 0 Å². The molecule has 1 amide bonds. The molecule has 3 N–H and O–H groups in total. The van der Waals surface area contributed by atoms with E-state index >= 15 is 0 Å². The van der Waals surface area contributed by atoms with Gasteiger partial charge in [-0.1, -0.05) is 13.8 Å². The van der Waals surface area contributed by atoms with E-state index in [0.717, 1.165) is 18.2 Å². The lowest BCUT2D eigenvalue weighted by Gasteiger charge is -2.15. The van der Waals surface area contributed by atoms with Gasteiger partial charge >= 0.3 is 0 Å². The second-order valence-corrected chi connectivity index (χ2v) is 4.58. The number of amides is 1. The van der Waals surface area contributed by atoms with E-state index < -0.39 is 16.6 Å². The lowest BCUT2D eigenvalue weighted by Crippen LogP contribution is -2.31. The van der Waals surface area contributed by atoms with E-state index in [1.54, 1.807) is 0 Å². The normalized spacial score (nSPS) is 12.3. The van der Waals surface area contributed by atoms with E-state index in [4.69, 9.17) is 5.73 Å². The van der Waals surface area contributed by atoms with Crippen LogP contribution in [0.4, 0.5) is 15.8 Å². The molecule has 19 heavy (non-hydrogen) atoms. The molecule has 0 saturated heterocycles. The molecule has 0 fully saturated rings. The largest absolute Gasteiger partial charge is 0.327 e. The third-order valence-electron chi connectivity index (χ3n) is 2.71. The fourth-order valence-electron chi connectivity index (χ4n) is 1.37. The predicted octanol–water partition coefficient (Wildman–Crippen LogP) is 2.05. The third-order valence-corrected chi connectivity index (χ3v) is 2.71. The zero-order chi connectivity index (χ0) is 14.6. The summed E-state index contributed by atoms with van der Waals surface area (Å²) in [4.78, 5) is 21.5. The maximum atomic E-state index is 13.4. The summed E-state index contributed by atoms with van der Waals surface area (Å²) in [6, 6.07) is 2.61. The van der Waals surface area contributed by atoms with Crippen LogP contribution in [0.25, 0.3) is 0 Å². The second-order valence-electron chi connectivity index (χ2n) is 4.58. The Morgan fingerprint density at radius 1 is 1.53 bits per heavy atom. The molecule has 1 aromatic rings. The molecule has 104 valence electrons. The number of rotatable bonds is 5. The molecule has 0 bridgehead atoms. The fraction of sp³-hybridized carbons (Fsp3) is 0.417. The molecule has 0 aliphatic rings. The molecule has 7 heteroatoms. The number of carbonyl (C=O) groups excluding carboxylic acids is 1. The molecule has 0 aliphatic carbocycles. The number of nitrogens with two attached hydrogens (primary N) is 1. The van der Waals surface area contributed by atoms with Crippen LogP contribution in [0.15, 0.2) is 18.2 Å². The van der Waals surface area contributed by atoms with Gasteiger partial charge in [-0.25, -0.2) is 4.39 Å². The van der Waals surface area contributed by atoms with Crippen molar-refractivity contribution in [2.45, 2.75) is 26.3 Å². The van der Waals surface area contributed by atoms with Gasteiger partial charge in [-0.3, -0.25) is 14.9 Å². The highest BCUT2D eigenvalue weighted by Gasteiger charge is 2.16. The molecule has 0 aliphatic heterocycles. The Morgan fingerprint density at radius 3 is 2.68 bits per heavy atom. The summed E-state index contributed by atoms with van der Waals surface area (Å²) in [6.07, 6.45) is 0.0276. The summed E-state index contributed by atoms with van der Waals surface area (Å²) < 4.78 is 13.4. The molecule has 1 rings (SSSR count). The first kappa shape index (κ1) is 15.0. The van der Waals surface area contributed by atoms with Crippen molar-refractivity contribution in [2.24, 2.45) is 11.7 Å². The molecule has 1 unspecified atom stereocenters. The Morgan fingerprint density at radius 2 is 2.16 bits per heavy atom. The molecule has 0 heterocycles. The topological polar surface area (TPSA) is 98.3 Å². The minimum Gasteiger partial charge on any atom is -0.327 e. The highest BCUT2D eigenvalue weighted by Crippen LogP contribution is 2.21. The number of benzene rings is 1. The average molecular weight is 269 g/mol. The van der Waals surface area contributed by atoms with Crippen molar-refractivity contribution < 1.29 is 14.1 Å². The number of carbonyl (C=O) groups is 1. The Hall–Kier alpha value is -2.02. The third kappa shape index (κ3) is 4.29. The molecule has 0 aromatic heterocycles. The van der Waals surface area contributed by atoms with Crippen LogP contribution in [0.3, 0.4) is 0 Å². The monoisotopic (exact) mass is 269 g/mol. The van der Waals surface area contributed by atoms with Crippen molar-refractivity contribution in [2.75, 3.05) is 5.32 Å². The van der Waals surface area contributed by atoms with E-state index in [9.17, 15) is 19.3 Å². The molecule has 0 saturated carbocycles. The SMILES string of the molecule is CC(C)C(N)CC(=O)Nc1cc([N+](=O)[O-])ccc1F. The van der Waals surface area contributed by atoms with Gasteiger partial charge in [0, 0.05) is 24.6 Å². The molecule has 0 spiro atoms.